The van der Waals surface area contributed by atoms with Gasteiger partial charge in [-0.1, -0.05) is 69.3 Å². The molecule has 0 aliphatic rings. The summed E-state index contributed by atoms with van der Waals surface area (Å²) in [5.41, 5.74) is 2.48. The SMILES string of the molecule is CCC(CC)(CC)c1ccccc1P(B(O)O)c1ccccc1C. The highest BCUT2D eigenvalue weighted by molar-refractivity contribution is 7.99. The Morgan fingerprint density at radius 1 is 0.833 bits per heavy atom. The second-order valence-electron chi connectivity index (χ2n) is 6.36. The molecule has 4 heteroatoms. The van der Waals surface area contributed by atoms with E-state index < -0.39 is 14.6 Å². The Hall–Kier alpha value is -1.15. The predicted octanol–water partition coefficient (Wildman–Crippen LogP) is 3.87. The Labute approximate surface area is 147 Å². The van der Waals surface area contributed by atoms with Crippen LogP contribution in [0.1, 0.15) is 51.2 Å². The molecule has 0 spiro atoms. The minimum Gasteiger partial charge on any atom is -0.423 e. The Morgan fingerprint density at radius 3 is 1.83 bits per heavy atom. The summed E-state index contributed by atoms with van der Waals surface area (Å²) in [4.78, 5) is 0. The van der Waals surface area contributed by atoms with Crippen LogP contribution in [0.3, 0.4) is 0 Å². The molecule has 0 aliphatic heterocycles. The standard InChI is InChI=1S/C20H28BO2P/c1-5-20(6-2,7-3)17-13-9-11-15-19(17)24(21(22)23)18-14-10-8-12-16(18)4/h8-15,22-23H,5-7H2,1-4H3. The maximum atomic E-state index is 10.2. The molecule has 0 fully saturated rings. The first kappa shape index (κ1) is 19.2. The van der Waals surface area contributed by atoms with Crippen molar-refractivity contribution in [2.45, 2.75) is 52.4 Å². The molecular formula is C20H28BO2P. The van der Waals surface area contributed by atoms with Crippen LogP contribution in [-0.4, -0.2) is 16.9 Å². The molecule has 2 aromatic carbocycles. The zero-order valence-electron chi connectivity index (χ0n) is 15.2. The van der Waals surface area contributed by atoms with E-state index in [1.165, 1.54) is 5.56 Å². The van der Waals surface area contributed by atoms with Gasteiger partial charge in [0, 0.05) is 0 Å². The molecule has 0 saturated heterocycles. The van der Waals surface area contributed by atoms with Crippen molar-refractivity contribution in [1.29, 1.82) is 0 Å². The molecule has 0 aromatic heterocycles. The van der Waals surface area contributed by atoms with E-state index in [2.05, 4.69) is 39.0 Å². The van der Waals surface area contributed by atoms with Crippen molar-refractivity contribution < 1.29 is 10.0 Å². The average Bonchev–Trinajstić information content (AvgIpc) is 2.60. The Balaban J connectivity index is 2.68. The summed E-state index contributed by atoms with van der Waals surface area (Å²) in [5, 5.41) is 22.6. The lowest BCUT2D eigenvalue weighted by Crippen LogP contribution is -2.34. The Morgan fingerprint density at radius 2 is 1.33 bits per heavy atom. The molecule has 0 radical (unpaired) electrons. The maximum Gasteiger partial charge on any atom is 0.489 e. The van der Waals surface area contributed by atoms with E-state index in [1.54, 1.807) is 0 Å². The summed E-state index contributed by atoms with van der Waals surface area (Å²) >= 11 is 0. The molecule has 2 N–H and O–H groups in total. The van der Waals surface area contributed by atoms with E-state index in [0.29, 0.717) is 0 Å². The van der Waals surface area contributed by atoms with Gasteiger partial charge in [-0.3, -0.25) is 0 Å². The van der Waals surface area contributed by atoms with Crippen LogP contribution in [0.25, 0.3) is 0 Å². The van der Waals surface area contributed by atoms with Crippen molar-refractivity contribution in [3.8, 4) is 0 Å². The molecule has 0 amide bonds. The van der Waals surface area contributed by atoms with Crippen LogP contribution >= 0.6 is 7.80 Å². The first-order chi connectivity index (χ1) is 11.5. The Kier molecular flexibility index (Phi) is 6.63. The van der Waals surface area contributed by atoms with Gasteiger partial charge < -0.3 is 10.0 Å². The number of rotatable bonds is 7. The number of hydrogen-bond donors (Lipinski definition) is 2. The molecule has 1 unspecified atom stereocenters. The van der Waals surface area contributed by atoms with Crippen LogP contribution in [0.15, 0.2) is 48.5 Å². The summed E-state index contributed by atoms with van der Waals surface area (Å²) in [7, 11) is -1.22. The molecule has 1 atom stereocenters. The number of hydrogen-bond acceptors (Lipinski definition) is 2. The average molecular weight is 342 g/mol. The van der Waals surface area contributed by atoms with Gasteiger partial charge in [0.05, 0.1) is 0 Å². The molecule has 0 saturated carbocycles. The van der Waals surface area contributed by atoms with Crippen molar-refractivity contribution in [3.63, 3.8) is 0 Å². The fourth-order valence-electron chi connectivity index (χ4n) is 3.67. The smallest absolute Gasteiger partial charge is 0.423 e. The summed E-state index contributed by atoms with van der Waals surface area (Å²) in [6, 6.07) is 16.4. The lowest BCUT2D eigenvalue weighted by atomic mass is 9.74. The number of aryl methyl sites for hydroxylation is 1. The molecule has 24 heavy (non-hydrogen) atoms. The third kappa shape index (κ3) is 3.59. The highest BCUT2D eigenvalue weighted by atomic mass is 31.1. The fourth-order valence-corrected chi connectivity index (χ4v) is 5.94. The molecule has 0 bridgehead atoms. The van der Waals surface area contributed by atoms with Crippen LogP contribution in [-0.2, 0) is 5.41 Å². The minimum atomic E-state index is -1.36. The molecule has 0 aliphatic carbocycles. The summed E-state index contributed by atoms with van der Waals surface area (Å²) < 4.78 is 0. The summed E-state index contributed by atoms with van der Waals surface area (Å²) in [5.74, 6) is 0. The summed E-state index contributed by atoms with van der Waals surface area (Å²) in [6.45, 7) is 7.38. The zero-order valence-corrected chi connectivity index (χ0v) is 16.1. The van der Waals surface area contributed by atoms with Gasteiger partial charge in [-0.05, 0) is 61.1 Å². The monoisotopic (exact) mass is 342 g/mol. The number of benzene rings is 2. The first-order valence-electron chi connectivity index (χ1n) is 8.81. The molecular weight excluding hydrogens is 314 g/mol. The lowest BCUT2D eigenvalue weighted by Gasteiger charge is -2.35. The largest absolute Gasteiger partial charge is 0.489 e. The van der Waals surface area contributed by atoms with Gasteiger partial charge in [-0.25, -0.2) is 0 Å². The molecule has 128 valence electrons. The quantitative estimate of drug-likeness (QED) is 0.592. The van der Waals surface area contributed by atoms with Crippen LogP contribution in [0.4, 0.5) is 0 Å². The maximum absolute atomic E-state index is 10.2. The van der Waals surface area contributed by atoms with Gasteiger partial charge in [0.15, 0.2) is 0 Å². The zero-order chi connectivity index (χ0) is 17.7. The Bertz CT molecular complexity index is 660. The lowest BCUT2D eigenvalue weighted by molar-refractivity contribution is 0.384. The van der Waals surface area contributed by atoms with Gasteiger partial charge in [0.2, 0.25) is 0 Å². The van der Waals surface area contributed by atoms with E-state index in [-0.39, 0.29) is 5.41 Å². The van der Waals surface area contributed by atoms with Crippen LogP contribution < -0.4 is 10.6 Å². The van der Waals surface area contributed by atoms with Gasteiger partial charge in [-0.15, -0.1) is 0 Å². The third-order valence-electron chi connectivity index (χ3n) is 5.37. The molecule has 2 rings (SSSR count). The highest BCUT2D eigenvalue weighted by Gasteiger charge is 2.35. The van der Waals surface area contributed by atoms with Crippen LogP contribution in [0.5, 0.6) is 0 Å². The van der Waals surface area contributed by atoms with Gasteiger partial charge >= 0.3 is 6.84 Å². The van der Waals surface area contributed by atoms with Gasteiger partial charge in [0.1, 0.15) is 0 Å². The fraction of sp³-hybridized carbons (Fsp3) is 0.400. The second kappa shape index (κ2) is 8.29. The van der Waals surface area contributed by atoms with Gasteiger partial charge in [-0.2, -0.15) is 0 Å². The molecule has 2 aromatic rings. The second-order valence-corrected chi connectivity index (χ2v) is 8.53. The normalized spacial score (nSPS) is 12.9. The van der Waals surface area contributed by atoms with E-state index in [1.807, 2.05) is 37.3 Å². The van der Waals surface area contributed by atoms with Crippen molar-refractivity contribution >= 4 is 25.2 Å². The van der Waals surface area contributed by atoms with E-state index >= 15 is 0 Å². The highest BCUT2D eigenvalue weighted by Crippen LogP contribution is 2.42. The topological polar surface area (TPSA) is 40.5 Å². The van der Waals surface area contributed by atoms with E-state index in [4.69, 9.17) is 0 Å². The van der Waals surface area contributed by atoms with Crippen molar-refractivity contribution in [2.75, 3.05) is 0 Å². The summed E-state index contributed by atoms with van der Waals surface area (Å²) in [6.07, 6.45) is 3.15. The minimum absolute atomic E-state index is 0.0920. The van der Waals surface area contributed by atoms with Gasteiger partial charge in [0.25, 0.3) is 0 Å². The van der Waals surface area contributed by atoms with Crippen LogP contribution in [0.2, 0.25) is 0 Å². The molecule has 0 heterocycles. The van der Waals surface area contributed by atoms with Crippen molar-refractivity contribution in [2.24, 2.45) is 0 Å². The molecule has 2 nitrogen and oxygen atoms in total. The predicted molar refractivity (Wildman–Crippen MR) is 107 cm³/mol. The third-order valence-corrected chi connectivity index (χ3v) is 7.76. The van der Waals surface area contributed by atoms with E-state index in [9.17, 15) is 10.0 Å². The first-order valence-corrected chi connectivity index (χ1v) is 10.2. The van der Waals surface area contributed by atoms with Crippen LogP contribution in [0, 0.1) is 6.92 Å². The van der Waals surface area contributed by atoms with E-state index in [0.717, 1.165) is 35.4 Å². The van der Waals surface area contributed by atoms with Crippen molar-refractivity contribution in [3.05, 3.63) is 59.7 Å². The van der Waals surface area contributed by atoms with Crippen molar-refractivity contribution in [1.82, 2.24) is 0 Å².